The second-order valence-electron chi connectivity index (χ2n) is 6.01. The minimum absolute atomic E-state index is 0. The molecule has 2 aliphatic rings. The first kappa shape index (κ1) is 19.3. The van der Waals surface area contributed by atoms with Gasteiger partial charge < -0.3 is 24.6 Å². The molecule has 2 fully saturated rings. The van der Waals surface area contributed by atoms with Gasteiger partial charge in [-0.1, -0.05) is 0 Å². The smallest absolute Gasteiger partial charge is 0.410 e. The SMILES string of the molecule is CC(C)OC(=O)N1C[C@@H]2OC(C)(C)O[C@@H]2[C@H](OS(C)=O)C1.O. The fourth-order valence-corrected chi connectivity index (χ4v) is 3.14. The normalized spacial score (nSPS) is 31.4. The first-order valence-electron chi connectivity index (χ1n) is 6.99. The highest BCUT2D eigenvalue weighted by molar-refractivity contribution is 7.79. The van der Waals surface area contributed by atoms with Crippen molar-refractivity contribution < 1.29 is 32.9 Å². The van der Waals surface area contributed by atoms with Gasteiger partial charge in [0.15, 0.2) is 16.9 Å². The minimum atomic E-state index is -1.45. The fraction of sp³-hybridized carbons (Fsp3) is 0.923. The summed E-state index contributed by atoms with van der Waals surface area (Å²) < 4.78 is 33.6. The van der Waals surface area contributed by atoms with Crippen LogP contribution in [0.1, 0.15) is 27.7 Å². The van der Waals surface area contributed by atoms with Crippen molar-refractivity contribution in [1.29, 1.82) is 0 Å². The third-order valence-electron chi connectivity index (χ3n) is 3.24. The molecule has 0 radical (unpaired) electrons. The second kappa shape index (κ2) is 7.22. The number of piperidine rings is 1. The van der Waals surface area contributed by atoms with Crippen molar-refractivity contribution in [2.75, 3.05) is 19.3 Å². The molecule has 2 heterocycles. The summed E-state index contributed by atoms with van der Waals surface area (Å²) in [7, 11) is 0. The Labute approximate surface area is 133 Å². The molecule has 1 amide bonds. The Morgan fingerprint density at radius 3 is 2.50 bits per heavy atom. The van der Waals surface area contributed by atoms with Crippen LogP contribution in [-0.2, 0) is 29.5 Å². The summed E-state index contributed by atoms with van der Waals surface area (Å²) in [5.74, 6) is -0.746. The maximum Gasteiger partial charge on any atom is 0.410 e. The van der Waals surface area contributed by atoms with E-state index in [0.717, 1.165) is 0 Å². The molecule has 2 saturated heterocycles. The molecule has 0 aliphatic carbocycles. The van der Waals surface area contributed by atoms with E-state index >= 15 is 0 Å². The Morgan fingerprint density at radius 2 is 1.95 bits per heavy atom. The van der Waals surface area contributed by atoms with Gasteiger partial charge in [0.1, 0.15) is 18.3 Å². The Kier molecular flexibility index (Phi) is 6.34. The lowest BCUT2D eigenvalue weighted by atomic mass is 10.0. The summed E-state index contributed by atoms with van der Waals surface area (Å²) in [5, 5.41) is 0. The van der Waals surface area contributed by atoms with E-state index in [4.69, 9.17) is 18.4 Å². The molecule has 9 heteroatoms. The van der Waals surface area contributed by atoms with Crippen molar-refractivity contribution >= 4 is 17.2 Å². The molecule has 0 aromatic heterocycles. The van der Waals surface area contributed by atoms with E-state index in [1.54, 1.807) is 13.8 Å². The van der Waals surface area contributed by atoms with Crippen LogP contribution >= 0.6 is 0 Å². The Balaban J connectivity index is 0.00000242. The number of rotatable bonds is 3. The average Bonchev–Trinajstić information content (AvgIpc) is 2.61. The molecule has 0 bridgehead atoms. The molecule has 1 unspecified atom stereocenters. The van der Waals surface area contributed by atoms with E-state index in [1.165, 1.54) is 11.2 Å². The van der Waals surface area contributed by atoms with E-state index < -0.39 is 29.1 Å². The molecular weight excluding hydrogens is 314 g/mol. The van der Waals surface area contributed by atoms with Crippen LogP contribution in [0.5, 0.6) is 0 Å². The maximum atomic E-state index is 12.1. The Morgan fingerprint density at radius 1 is 1.32 bits per heavy atom. The van der Waals surface area contributed by atoms with Crippen molar-refractivity contribution in [3.63, 3.8) is 0 Å². The molecular formula is C13H25NO7S. The van der Waals surface area contributed by atoms with Crippen LogP contribution in [0.4, 0.5) is 4.79 Å². The standard InChI is InChI=1S/C13H23NO6S.H2O/c1-8(2)17-12(15)14-6-9-11(19-13(3,4)18-9)10(7-14)20-21(5)16;/h8-11H,6-7H2,1-5H3;1H2/t9-,10+,11-,21?;/m0./s1. The van der Waals surface area contributed by atoms with Crippen LogP contribution in [0, 0.1) is 0 Å². The van der Waals surface area contributed by atoms with E-state index in [1.807, 2.05) is 13.8 Å². The first-order valence-corrected chi connectivity index (χ1v) is 8.48. The Hall–Kier alpha value is -0.740. The van der Waals surface area contributed by atoms with Gasteiger partial charge in [-0.3, -0.25) is 4.18 Å². The molecule has 0 spiro atoms. The predicted molar refractivity (Wildman–Crippen MR) is 79.6 cm³/mol. The van der Waals surface area contributed by atoms with Gasteiger partial charge in [0.05, 0.1) is 19.2 Å². The molecule has 8 nitrogen and oxygen atoms in total. The summed E-state index contributed by atoms with van der Waals surface area (Å²) in [6, 6.07) is 0. The summed E-state index contributed by atoms with van der Waals surface area (Å²) in [6.07, 6.45) is -0.342. The van der Waals surface area contributed by atoms with E-state index in [9.17, 15) is 9.00 Å². The fourth-order valence-electron chi connectivity index (χ4n) is 2.62. The number of amides is 1. The zero-order valence-corrected chi connectivity index (χ0v) is 14.3. The van der Waals surface area contributed by atoms with Crippen LogP contribution in [0.3, 0.4) is 0 Å². The quantitative estimate of drug-likeness (QED) is 0.728. The molecule has 22 heavy (non-hydrogen) atoms. The third kappa shape index (κ3) is 4.63. The maximum absolute atomic E-state index is 12.1. The van der Waals surface area contributed by atoms with Crippen molar-refractivity contribution in [1.82, 2.24) is 4.90 Å². The van der Waals surface area contributed by atoms with E-state index in [0.29, 0.717) is 6.54 Å². The molecule has 2 rings (SSSR count). The Bertz CT molecular complexity index is 429. The zero-order chi connectivity index (χ0) is 15.8. The summed E-state index contributed by atoms with van der Waals surface area (Å²) in [4.78, 5) is 13.6. The summed E-state index contributed by atoms with van der Waals surface area (Å²) in [6.45, 7) is 7.84. The minimum Gasteiger partial charge on any atom is -0.447 e. The van der Waals surface area contributed by atoms with E-state index in [-0.39, 0.29) is 30.3 Å². The number of hydrogen-bond acceptors (Lipinski definition) is 6. The second-order valence-corrected chi connectivity index (χ2v) is 7.01. The number of carbonyl (C=O) groups is 1. The first-order chi connectivity index (χ1) is 9.68. The van der Waals surface area contributed by atoms with Crippen LogP contribution < -0.4 is 0 Å². The monoisotopic (exact) mass is 339 g/mol. The third-order valence-corrected chi connectivity index (χ3v) is 3.76. The molecule has 130 valence electrons. The van der Waals surface area contributed by atoms with Crippen molar-refractivity contribution in [3.8, 4) is 0 Å². The van der Waals surface area contributed by atoms with Gasteiger partial charge in [-0.05, 0) is 27.7 Å². The van der Waals surface area contributed by atoms with Crippen molar-refractivity contribution in [3.05, 3.63) is 0 Å². The average molecular weight is 339 g/mol. The zero-order valence-electron chi connectivity index (χ0n) is 13.5. The van der Waals surface area contributed by atoms with Gasteiger partial charge in [-0.15, -0.1) is 0 Å². The number of carbonyl (C=O) groups excluding carboxylic acids is 1. The van der Waals surface area contributed by atoms with E-state index in [2.05, 4.69) is 0 Å². The summed E-state index contributed by atoms with van der Waals surface area (Å²) >= 11 is -1.45. The lowest BCUT2D eigenvalue weighted by molar-refractivity contribution is -0.150. The highest BCUT2D eigenvalue weighted by Crippen LogP contribution is 2.34. The number of ether oxygens (including phenoxy) is 3. The molecule has 0 aromatic carbocycles. The predicted octanol–water partition coefficient (Wildman–Crippen LogP) is 0.221. The molecule has 2 N–H and O–H groups in total. The number of likely N-dealkylation sites (tertiary alicyclic amines) is 1. The molecule has 0 aromatic rings. The van der Waals surface area contributed by atoms with Gasteiger partial charge in [-0.2, -0.15) is 0 Å². The van der Waals surface area contributed by atoms with Crippen molar-refractivity contribution in [2.24, 2.45) is 0 Å². The largest absolute Gasteiger partial charge is 0.447 e. The van der Waals surface area contributed by atoms with Crippen LogP contribution in [0.15, 0.2) is 0 Å². The van der Waals surface area contributed by atoms with Crippen molar-refractivity contribution in [2.45, 2.75) is 57.9 Å². The van der Waals surface area contributed by atoms with Crippen LogP contribution in [-0.4, -0.2) is 70.2 Å². The molecule has 2 aliphatic heterocycles. The molecule has 4 atom stereocenters. The highest BCUT2D eigenvalue weighted by Gasteiger charge is 2.51. The summed E-state index contributed by atoms with van der Waals surface area (Å²) in [5.41, 5.74) is 0. The number of fused-ring (bicyclic) bond motifs is 1. The number of hydrogen-bond donors (Lipinski definition) is 0. The topological polar surface area (TPSA) is 106 Å². The number of nitrogens with zero attached hydrogens (tertiary/aromatic N) is 1. The lowest BCUT2D eigenvalue weighted by Crippen LogP contribution is -2.57. The van der Waals surface area contributed by atoms with Gasteiger partial charge in [-0.25, -0.2) is 9.00 Å². The van der Waals surface area contributed by atoms with Gasteiger partial charge in [0.25, 0.3) is 0 Å². The lowest BCUT2D eigenvalue weighted by Gasteiger charge is -2.37. The van der Waals surface area contributed by atoms with Gasteiger partial charge >= 0.3 is 6.09 Å². The van der Waals surface area contributed by atoms with Crippen LogP contribution in [0.25, 0.3) is 0 Å². The van der Waals surface area contributed by atoms with Gasteiger partial charge in [0.2, 0.25) is 0 Å². The highest BCUT2D eigenvalue weighted by atomic mass is 32.2. The molecule has 0 saturated carbocycles. The van der Waals surface area contributed by atoms with Gasteiger partial charge in [0, 0.05) is 6.26 Å². The van der Waals surface area contributed by atoms with Crippen LogP contribution in [0.2, 0.25) is 0 Å².